The SMILES string of the molecule is CCCN(CCC)C(=O)C1=CC(C)=CC(C(N)=O)([C@H](Cc2cc(F)cc(F)c2)[C@@H](O)CN[C@@H](CO)C(C)C)C1. The fourth-order valence-electron chi connectivity index (χ4n) is 5.48. The molecule has 0 saturated heterocycles. The second kappa shape index (κ2) is 14.7. The quantitative estimate of drug-likeness (QED) is 0.267. The van der Waals surface area contributed by atoms with Gasteiger partial charge in [0.15, 0.2) is 0 Å². The van der Waals surface area contributed by atoms with E-state index in [0.29, 0.717) is 24.2 Å². The first kappa shape index (κ1) is 32.6. The van der Waals surface area contributed by atoms with Crippen molar-refractivity contribution in [3.05, 3.63) is 58.7 Å². The van der Waals surface area contributed by atoms with Gasteiger partial charge in [0.25, 0.3) is 0 Å². The Bertz CT molecular complexity index is 1030. The summed E-state index contributed by atoms with van der Waals surface area (Å²) in [5.74, 6) is -3.33. The molecule has 39 heavy (non-hydrogen) atoms. The molecule has 0 bridgehead atoms. The van der Waals surface area contributed by atoms with Gasteiger partial charge in [-0.15, -0.1) is 0 Å². The maximum absolute atomic E-state index is 14.1. The molecule has 0 saturated carbocycles. The fraction of sp³-hybridized carbons (Fsp3) is 0.600. The number of halogens is 2. The van der Waals surface area contributed by atoms with Crippen LogP contribution in [0, 0.1) is 28.9 Å². The molecule has 0 radical (unpaired) electrons. The third kappa shape index (κ3) is 8.43. The number of amides is 2. The van der Waals surface area contributed by atoms with Crippen molar-refractivity contribution in [3.8, 4) is 0 Å². The van der Waals surface area contributed by atoms with Crippen LogP contribution < -0.4 is 11.1 Å². The van der Waals surface area contributed by atoms with Crippen LogP contribution in [0.4, 0.5) is 8.78 Å². The third-order valence-electron chi connectivity index (χ3n) is 7.47. The van der Waals surface area contributed by atoms with Crippen LogP contribution in [-0.2, 0) is 16.0 Å². The monoisotopic (exact) mass is 549 g/mol. The number of hydrogen-bond donors (Lipinski definition) is 4. The van der Waals surface area contributed by atoms with E-state index in [4.69, 9.17) is 5.73 Å². The molecule has 2 rings (SSSR count). The fourth-order valence-corrected chi connectivity index (χ4v) is 5.48. The van der Waals surface area contributed by atoms with Crippen molar-refractivity contribution < 1.29 is 28.6 Å². The lowest BCUT2D eigenvalue weighted by Crippen LogP contribution is -2.53. The molecular weight excluding hydrogens is 504 g/mol. The average molecular weight is 550 g/mol. The van der Waals surface area contributed by atoms with E-state index in [1.54, 1.807) is 24.0 Å². The first-order chi connectivity index (χ1) is 18.4. The molecule has 1 aromatic carbocycles. The lowest BCUT2D eigenvalue weighted by atomic mass is 9.63. The number of hydrogen-bond acceptors (Lipinski definition) is 5. The number of allylic oxidation sites excluding steroid dienone is 2. The van der Waals surface area contributed by atoms with Gasteiger partial charge >= 0.3 is 0 Å². The predicted molar refractivity (Wildman–Crippen MR) is 149 cm³/mol. The zero-order valence-corrected chi connectivity index (χ0v) is 23.8. The summed E-state index contributed by atoms with van der Waals surface area (Å²) in [4.78, 5) is 28.6. The summed E-state index contributed by atoms with van der Waals surface area (Å²) in [6.45, 7) is 10.5. The van der Waals surface area contributed by atoms with Gasteiger partial charge in [-0.1, -0.05) is 45.4 Å². The minimum atomic E-state index is -1.50. The standard InChI is InChI=1S/C30H45F2N3O4/c1-6-8-35(9-7-2)28(38)22-10-20(5)15-30(16-22,29(33)39)25(13-21-11-23(31)14-24(32)12-21)27(37)17-34-26(18-36)19(3)4/h10-12,14-15,19,25-27,34,36-37H,6-9,13,16-18H2,1-5H3,(H2,33,39)/t25-,26+,27+,30?/m1/s1. The van der Waals surface area contributed by atoms with Gasteiger partial charge in [0.05, 0.1) is 18.1 Å². The van der Waals surface area contributed by atoms with E-state index in [-0.39, 0.29) is 49.4 Å². The third-order valence-corrected chi connectivity index (χ3v) is 7.47. The van der Waals surface area contributed by atoms with Gasteiger partial charge in [-0.2, -0.15) is 0 Å². The Kier molecular flexibility index (Phi) is 12.3. The van der Waals surface area contributed by atoms with Gasteiger partial charge < -0.3 is 26.2 Å². The van der Waals surface area contributed by atoms with Gasteiger partial charge in [-0.05, 0) is 56.2 Å². The first-order valence-electron chi connectivity index (χ1n) is 13.8. The molecule has 9 heteroatoms. The number of nitrogens with one attached hydrogen (secondary N) is 1. The Balaban J connectivity index is 2.56. The molecule has 0 heterocycles. The zero-order chi connectivity index (χ0) is 29.3. The Morgan fingerprint density at radius 1 is 1.13 bits per heavy atom. The molecular formula is C30H45F2N3O4. The van der Waals surface area contributed by atoms with Crippen LogP contribution in [0.1, 0.15) is 59.4 Å². The van der Waals surface area contributed by atoms with Gasteiger partial charge in [0.1, 0.15) is 11.6 Å². The molecule has 1 aliphatic rings. The topological polar surface area (TPSA) is 116 Å². The number of benzene rings is 1. The van der Waals surface area contributed by atoms with Crippen molar-refractivity contribution in [2.24, 2.45) is 23.0 Å². The second-order valence-corrected chi connectivity index (χ2v) is 11.0. The molecule has 0 aromatic heterocycles. The summed E-state index contributed by atoms with van der Waals surface area (Å²) in [5.41, 5.74) is 5.85. The molecule has 7 nitrogen and oxygen atoms in total. The van der Waals surface area contributed by atoms with Crippen LogP contribution in [0.2, 0.25) is 0 Å². The van der Waals surface area contributed by atoms with Crippen molar-refractivity contribution in [1.29, 1.82) is 0 Å². The number of aliphatic hydroxyl groups excluding tert-OH is 2. The first-order valence-corrected chi connectivity index (χ1v) is 13.8. The van der Waals surface area contributed by atoms with Crippen LogP contribution >= 0.6 is 0 Å². The lowest BCUT2D eigenvalue weighted by molar-refractivity contribution is -0.132. The Morgan fingerprint density at radius 3 is 2.21 bits per heavy atom. The minimum absolute atomic E-state index is 0.00141. The van der Waals surface area contributed by atoms with E-state index in [1.807, 2.05) is 27.7 Å². The maximum atomic E-state index is 14.1. The summed E-state index contributed by atoms with van der Waals surface area (Å²) < 4.78 is 28.2. The van der Waals surface area contributed by atoms with E-state index in [1.165, 1.54) is 12.1 Å². The molecule has 1 aliphatic carbocycles. The molecule has 5 N–H and O–H groups in total. The van der Waals surface area contributed by atoms with Crippen LogP contribution in [0.5, 0.6) is 0 Å². The lowest BCUT2D eigenvalue weighted by Gasteiger charge is -2.42. The van der Waals surface area contributed by atoms with Crippen molar-refractivity contribution in [3.63, 3.8) is 0 Å². The highest BCUT2D eigenvalue weighted by molar-refractivity contribution is 5.96. The molecule has 4 atom stereocenters. The number of carbonyl (C=O) groups excluding carboxylic acids is 2. The number of carbonyl (C=O) groups is 2. The van der Waals surface area contributed by atoms with E-state index < -0.39 is 35.0 Å². The van der Waals surface area contributed by atoms with Crippen LogP contribution in [0.25, 0.3) is 0 Å². The Hall–Kier alpha value is -2.62. The summed E-state index contributed by atoms with van der Waals surface area (Å²) in [5, 5.41) is 24.4. The molecule has 1 aromatic rings. The summed E-state index contributed by atoms with van der Waals surface area (Å²) in [6.07, 6.45) is 3.65. The highest BCUT2D eigenvalue weighted by Gasteiger charge is 2.48. The highest BCUT2D eigenvalue weighted by Crippen LogP contribution is 2.44. The summed E-state index contributed by atoms with van der Waals surface area (Å²) in [7, 11) is 0. The van der Waals surface area contributed by atoms with Crippen molar-refractivity contribution in [2.75, 3.05) is 26.2 Å². The summed E-state index contributed by atoms with van der Waals surface area (Å²) in [6, 6.07) is 2.78. The smallest absolute Gasteiger partial charge is 0.249 e. The maximum Gasteiger partial charge on any atom is 0.249 e. The van der Waals surface area contributed by atoms with Gasteiger partial charge in [0.2, 0.25) is 11.8 Å². The second-order valence-electron chi connectivity index (χ2n) is 11.0. The molecule has 1 unspecified atom stereocenters. The number of rotatable bonds is 15. The van der Waals surface area contributed by atoms with Gasteiger partial charge in [-0.3, -0.25) is 9.59 Å². The van der Waals surface area contributed by atoms with Gasteiger partial charge in [-0.25, -0.2) is 8.78 Å². The van der Waals surface area contributed by atoms with Crippen molar-refractivity contribution >= 4 is 11.8 Å². The average Bonchev–Trinajstić information content (AvgIpc) is 2.85. The number of aliphatic hydroxyl groups is 2. The van der Waals surface area contributed by atoms with E-state index in [0.717, 1.165) is 18.9 Å². The molecule has 0 spiro atoms. The largest absolute Gasteiger partial charge is 0.395 e. The number of primary amides is 1. The molecule has 2 amide bonds. The van der Waals surface area contributed by atoms with Crippen LogP contribution in [0.15, 0.2) is 41.5 Å². The zero-order valence-electron chi connectivity index (χ0n) is 23.8. The summed E-state index contributed by atoms with van der Waals surface area (Å²) >= 11 is 0. The predicted octanol–water partition coefficient (Wildman–Crippen LogP) is 3.49. The minimum Gasteiger partial charge on any atom is -0.395 e. The Labute approximate surface area is 231 Å². The number of nitrogens with zero attached hydrogens (tertiary/aromatic N) is 1. The van der Waals surface area contributed by atoms with Gasteiger partial charge in [0, 0.05) is 43.2 Å². The molecule has 218 valence electrons. The molecule has 0 aliphatic heterocycles. The normalized spacial score (nSPS) is 19.7. The van der Waals surface area contributed by atoms with E-state index >= 15 is 0 Å². The van der Waals surface area contributed by atoms with Crippen molar-refractivity contribution in [1.82, 2.24) is 10.2 Å². The van der Waals surface area contributed by atoms with E-state index in [2.05, 4.69) is 5.32 Å². The van der Waals surface area contributed by atoms with Crippen LogP contribution in [0.3, 0.4) is 0 Å². The van der Waals surface area contributed by atoms with Crippen molar-refractivity contribution in [2.45, 2.75) is 72.4 Å². The highest BCUT2D eigenvalue weighted by atomic mass is 19.1. The van der Waals surface area contributed by atoms with E-state index in [9.17, 15) is 28.6 Å². The van der Waals surface area contributed by atoms with Crippen LogP contribution in [-0.4, -0.2) is 65.3 Å². The Morgan fingerprint density at radius 2 is 1.72 bits per heavy atom. The molecule has 0 fully saturated rings. The number of nitrogens with two attached hydrogens (primary N) is 1.